The Kier molecular flexibility index (Phi) is 4.96. The molecule has 3 aromatic rings. The Labute approximate surface area is 156 Å². The molecule has 0 amide bonds. The van der Waals surface area contributed by atoms with Gasteiger partial charge >= 0.3 is 0 Å². The van der Waals surface area contributed by atoms with Crippen LogP contribution in [-0.4, -0.2) is 16.2 Å². The Morgan fingerprint density at radius 2 is 1.85 bits per heavy atom. The zero-order valence-corrected chi connectivity index (χ0v) is 15.9. The summed E-state index contributed by atoms with van der Waals surface area (Å²) in [4.78, 5) is 5.00. The minimum atomic E-state index is 0.594. The largest absolute Gasteiger partial charge is 0.491 e. The van der Waals surface area contributed by atoms with E-state index in [4.69, 9.17) is 9.72 Å². The van der Waals surface area contributed by atoms with Crippen LogP contribution in [0.25, 0.3) is 11.0 Å². The van der Waals surface area contributed by atoms with Crippen LogP contribution in [0.4, 0.5) is 0 Å². The summed E-state index contributed by atoms with van der Waals surface area (Å²) in [7, 11) is 0. The van der Waals surface area contributed by atoms with E-state index in [0.717, 1.165) is 17.8 Å². The van der Waals surface area contributed by atoms with Crippen molar-refractivity contribution in [3.05, 3.63) is 59.4 Å². The first-order valence-electron chi connectivity index (χ1n) is 9.87. The predicted molar refractivity (Wildman–Crippen MR) is 107 cm³/mol. The van der Waals surface area contributed by atoms with Crippen molar-refractivity contribution in [3.63, 3.8) is 0 Å². The SMILES string of the molecule is Cc1ccc(C)c(OCCn2c(C3CCCCC3)nc3ccccc32)c1. The van der Waals surface area contributed by atoms with E-state index < -0.39 is 0 Å². The Morgan fingerprint density at radius 3 is 2.69 bits per heavy atom. The highest BCUT2D eigenvalue weighted by atomic mass is 16.5. The quantitative estimate of drug-likeness (QED) is 0.584. The lowest BCUT2D eigenvalue weighted by molar-refractivity contribution is 0.292. The molecule has 0 unspecified atom stereocenters. The molecule has 0 spiro atoms. The number of rotatable bonds is 5. The molecule has 1 fully saturated rings. The summed E-state index contributed by atoms with van der Waals surface area (Å²) >= 11 is 0. The summed E-state index contributed by atoms with van der Waals surface area (Å²) in [6.45, 7) is 5.73. The molecule has 1 saturated carbocycles. The number of hydrogen-bond donors (Lipinski definition) is 0. The molecule has 0 atom stereocenters. The van der Waals surface area contributed by atoms with Crippen molar-refractivity contribution in [2.75, 3.05) is 6.61 Å². The Bertz CT molecular complexity index is 890. The Balaban J connectivity index is 1.57. The summed E-state index contributed by atoms with van der Waals surface area (Å²) in [6.07, 6.45) is 6.55. The van der Waals surface area contributed by atoms with Gasteiger partial charge in [-0.2, -0.15) is 0 Å². The molecule has 136 valence electrons. The molecule has 4 rings (SSSR count). The molecule has 1 aromatic heterocycles. The van der Waals surface area contributed by atoms with Gasteiger partial charge in [0.25, 0.3) is 0 Å². The molecule has 2 aromatic carbocycles. The van der Waals surface area contributed by atoms with Crippen LogP contribution in [0.15, 0.2) is 42.5 Å². The van der Waals surface area contributed by atoms with E-state index in [1.807, 2.05) is 0 Å². The first-order chi connectivity index (χ1) is 12.7. The summed E-state index contributed by atoms with van der Waals surface area (Å²) in [5.74, 6) is 2.85. The van der Waals surface area contributed by atoms with Crippen molar-refractivity contribution >= 4 is 11.0 Å². The zero-order chi connectivity index (χ0) is 17.9. The van der Waals surface area contributed by atoms with Crippen molar-refractivity contribution in [2.45, 2.75) is 58.4 Å². The van der Waals surface area contributed by atoms with Gasteiger partial charge in [-0.25, -0.2) is 4.98 Å². The maximum absolute atomic E-state index is 6.13. The maximum atomic E-state index is 6.13. The van der Waals surface area contributed by atoms with Crippen LogP contribution >= 0.6 is 0 Å². The molecule has 1 aliphatic carbocycles. The highest BCUT2D eigenvalue weighted by molar-refractivity contribution is 5.76. The maximum Gasteiger partial charge on any atom is 0.122 e. The number of nitrogens with zero attached hydrogens (tertiary/aromatic N) is 2. The first-order valence-corrected chi connectivity index (χ1v) is 9.87. The summed E-state index contributed by atoms with van der Waals surface area (Å²) in [6, 6.07) is 14.9. The molecule has 0 bridgehead atoms. The van der Waals surface area contributed by atoms with E-state index in [1.165, 1.54) is 54.6 Å². The van der Waals surface area contributed by atoms with Gasteiger partial charge in [0.15, 0.2) is 0 Å². The van der Waals surface area contributed by atoms with Gasteiger partial charge in [0.2, 0.25) is 0 Å². The molecule has 3 heteroatoms. The van der Waals surface area contributed by atoms with Gasteiger partial charge in [-0.15, -0.1) is 0 Å². The number of aryl methyl sites for hydroxylation is 2. The van der Waals surface area contributed by atoms with Crippen molar-refractivity contribution in [1.29, 1.82) is 0 Å². The molecular weight excluding hydrogens is 320 g/mol. The average molecular weight is 348 g/mol. The zero-order valence-electron chi connectivity index (χ0n) is 15.9. The number of imidazole rings is 1. The second-order valence-corrected chi connectivity index (χ2v) is 7.56. The smallest absolute Gasteiger partial charge is 0.122 e. The van der Waals surface area contributed by atoms with E-state index in [-0.39, 0.29) is 0 Å². The minimum absolute atomic E-state index is 0.594. The van der Waals surface area contributed by atoms with E-state index in [1.54, 1.807) is 0 Å². The van der Waals surface area contributed by atoms with Crippen LogP contribution < -0.4 is 4.74 Å². The molecule has 1 heterocycles. The number of fused-ring (bicyclic) bond motifs is 1. The molecule has 0 saturated heterocycles. The van der Waals surface area contributed by atoms with E-state index >= 15 is 0 Å². The van der Waals surface area contributed by atoms with Crippen LogP contribution in [0.2, 0.25) is 0 Å². The van der Waals surface area contributed by atoms with Crippen molar-refractivity contribution in [3.8, 4) is 5.75 Å². The lowest BCUT2D eigenvalue weighted by Gasteiger charge is -2.22. The van der Waals surface area contributed by atoms with Gasteiger partial charge in [0.1, 0.15) is 18.2 Å². The predicted octanol–water partition coefficient (Wildman–Crippen LogP) is 5.78. The van der Waals surface area contributed by atoms with Crippen molar-refractivity contribution in [1.82, 2.24) is 9.55 Å². The van der Waals surface area contributed by atoms with Crippen molar-refractivity contribution < 1.29 is 4.74 Å². The molecular formula is C23H28N2O. The standard InChI is InChI=1S/C23H28N2O/c1-17-12-13-18(2)22(16-17)26-15-14-25-21-11-7-6-10-20(21)24-23(25)19-8-4-3-5-9-19/h6-7,10-13,16,19H,3-5,8-9,14-15H2,1-2H3. The highest BCUT2D eigenvalue weighted by Gasteiger charge is 2.22. The third kappa shape index (κ3) is 3.48. The minimum Gasteiger partial charge on any atom is -0.491 e. The van der Waals surface area contributed by atoms with E-state index in [9.17, 15) is 0 Å². The number of para-hydroxylation sites is 2. The van der Waals surface area contributed by atoms with Gasteiger partial charge in [0, 0.05) is 5.92 Å². The number of aromatic nitrogens is 2. The molecule has 1 aliphatic rings. The number of benzene rings is 2. The second kappa shape index (κ2) is 7.53. The van der Waals surface area contributed by atoms with Crippen LogP contribution in [-0.2, 0) is 6.54 Å². The van der Waals surface area contributed by atoms with Gasteiger partial charge in [0.05, 0.1) is 17.6 Å². The van der Waals surface area contributed by atoms with Gasteiger partial charge in [-0.05, 0) is 56.0 Å². The van der Waals surface area contributed by atoms with Gasteiger partial charge in [-0.3, -0.25) is 0 Å². The van der Waals surface area contributed by atoms with Gasteiger partial charge in [-0.1, -0.05) is 43.5 Å². The Morgan fingerprint density at radius 1 is 1.04 bits per heavy atom. The van der Waals surface area contributed by atoms with Crippen molar-refractivity contribution in [2.24, 2.45) is 0 Å². The summed E-state index contributed by atoms with van der Waals surface area (Å²) < 4.78 is 8.53. The average Bonchev–Trinajstić information content (AvgIpc) is 3.04. The van der Waals surface area contributed by atoms with E-state index in [0.29, 0.717) is 12.5 Å². The summed E-state index contributed by atoms with van der Waals surface area (Å²) in [5.41, 5.74) is 4.78. The molecule has 0 aliphatic heterocycles. The normalized spacial score (nSPS) is 15.5. The molecule has 26 heavy (non-hydrogen) atoms. The fraction of sp³-hybridized carbons (Fsp3) is 0.435. The molecule has 0 radical (unpaired) electrons. The topological polar surface area (TPSA) is 27.1 Å². The van der Waals surface area contributed by atoms with Crippen LogP contribution in [0.3, 0.4) is 0 Å². The van der Waals surface area contributed by atoms with Crippen LogP contribution in [0.5, 0.6) is 5.75 Å². The number of hydrogen-bond acceptors (Lipinski definition) is 2. The highest BCUT2D eigenvalue weighted by Crippen LogP contribution is 2.34. The van der Waals surface area contributed by atoms with Gasteiger partial charge < -0.3 is 9.30 Å². The fourth-order valence-electron chi connectivity index (χ4n) is 4.11. The Hall–Kier alpha value is -2.29. The monoisotopic (exact) mass is 348 g/mol. The molecule has 3 nitrogen and oxygen atoms in total. The third-order valence-electron chi connectivity index (χ3n) is 5.57. The van der Waals surface area contributed by atoms with Crippen LogP contribution in [0, 0.1) is 13.8 Å². The number of ether oxygens (including phenoxy) is 1. The van der Waals surface area contributed by atoms with Crippen LogP contribution in [0.1, 0.15) is 55.0 Å². The lowest BCUT2D eigenvalue weighted by atomic mass is 9.88. The lowest BCUT2D eigenvalue weighted by Crippen LogP contribution is -2.16. The third-order valence-corrected chi connectivity index (χ3v) is 5.57. The second-order valence-electron chi connectivity index (χ2n) is 7.56. The van der Waals surface area contributed by atoms with E-state index in [2.05, 4.69) is 60.9 Å². The molecule has 0 N–H and O–H groups in total. The fourth-order valence-corrected chi connectivity index (χ4v) is 4.11. The summed E-state index contributed by atoms with van der Waals surface area (Å²) in [5, 5.41) is 0. The first kappa shape index (κ1) is 17.1.